The van der Waals surface area contributed by atoms with Gasteiger partial charge in [0.25, 0.3) is 0 Å². The Bertz CT molecular complexity index is 680. The summed E-state index contributed by atoms with van der Waals surface area (Å²) in [5.41, 5.74) is 4.77. The smallest absolute Gasteiger partial charge is 0.231 e. The lowest BCUT2D eigenvalue weighted by molar-refractivity contribution is -0.117. The summed E-state index contributed by atoms with van der Waals surface area (Å²) in [4.78, 5) is 17.6. The van der Waals surface area contributed by atoms with Gasteiger partial charge in [-0.2, -0.15) is 0 Å². The molecule has 0 bridgehead atoms. The molecule has 1 aliphatic rings. The Kier molecular flexibility index (Phi) is 3.03. The van der Waals surface area contributed by atoms with Crippen molar-refractivity contribution in [1.29, 1.82) is 0 Å². The second kappa shape index (κ2) is 4.72. The van der Waals surface area contributed by atoms with Gasteiger partial charge >= 0.3 is 0 Å². The van der Waals surface area contributed by atoms with Crippen LogP contribution in [-0.2, 0) is 11.2 Å². The summed E-state index contributed by atoms with van der Waals surface area (Å²) in [5.74, 6) is 0.119. The summed E-state index contributed by atoms with van der Waals surface area (Å²) >= 11 is 0. The number of hydrogen-bond donors (Lipinski definition) is 1. The molecule has 0 fully saturated rings. The topological polar surface area (TPSA) is 53.4 Å². The highest BCUT2D eigenvalue weighted by Crippen LogP contribution is 2.32. The van der Waals surface area contributed by atoms with Gasteiger partial charge in [0.1, 0.15) is 0 Å². The zero-order chi connectivity index (χ0) is 14.3. The Hall–Kier alpha value is -2.20. The molecule has 0 spiro atoms. The van der Waals surface area contributed by atoms with Crippen molar-refractivity contribution in [2.75, 3.05) is 11.9 Å². The minimum Gasteiger partial charge on any atom is -0.389 e. The average molecular weight is 268 g/mol. The number of carbonyl (C=O) groups excluding carboxylic acids is 1. The molecule has 2 heterocycles. The molecule has 1 unspecified atom stereocenters. The van der Waals surface area contributed by atoms with Crippen LogP contribution in [0.15, 0.2) is 36.7 Å². The summed E-state index contributed by atoms with van der Waals surface area (Å²) in [7, 11) is 1.80. The molecule has 20 heavy (non-hydrogen) atoms. The largest absolute Gasteiger partial charge is 0.389 e. The number of likely N-dealkylation sites (N-methyl/N-ethyl adjacent to an activating group) is 1. The normalized spacial score (nSPS) is 15.3. The molecule has 0 aliphatic carbocycles. The summed E-state index contributed by atoms with van der Waals surface area (Å²) in [6.07, 6.45) is 3.35. The Morgan fingerprint density at radius 3 is 2.80 bits per heavy atom. The monoisotopic (exact) mass is 268 g/mol. The van der Waals surface area contributed by atoms with E-state index >= 15 is 0 Å². The Balaban J connectivity index is 2.02. The summed E-state index contributed by atoms with van der Waals surface area (Å²) in [6, 6.07) is 7.90. The maximum absolute atomic E-state index is 11.7. The molecule has 3 rings (SSSR count). The third-order valence-corrected chi connectivity index (χ3v) is 3.73. The number of carbonyl (C=O) groups is 1. The summed E-state index contributed by atoms with van der Waals surface area (Å²) < 4.78 is 0. The summed E-state index contributed by atoms with van der Waals surface area (Å²) in [5, 5.41) is 9.63. The van der Waals surface area contributed by atoms with Crippen LogP contribution in [0.5, 0.6) is 0 Å². The first kappa shape index (κ1) is 12.8. The zero-order valence-electron chi connectivity index (χ0n) is 11.5. The van der Waals surface area contributed by atoms with Crippen LogP contribution in [0.2, 0.25) is 0 Å². The fourth-order valence-corrected chi connectivity index (χ4v) is 2.49. The van der Waals surface area contributed by atoms with Crippen molar-refractivity contribution in [2.45, 2.75) is 19.4 Å². The first-order valence-corrected chi connectivity index (χ1v) is 6.59. The summed E-state index contributed by atoms with van der Waals surface area (Å²) in [6.45, 7) is 1.72. The van der Waals surface area contributed by atoms with Gasteiger partial charge in [-0.25, -0.2) is 0 Å². The molecule has 102 valence electrons. The number of amides is 1. The van der Waals surface area contributed by atoms with Crippen LogP contribution in [-0.4, -0.2) is 23.0 Å². The molecule has 4 nitrogen and oxygen atoms in total. The van der Waals surface area contributed by atoms with Gasteiger partial charge in [0.05, 0.1) is 12.5 Å². The van der Waals surface area contributed by atoms with Crippen molar-refractivity contribution in [3.8, 4) is 11.1 Å². The molecule has 1 aromatic heterocycles. The Morgan fingerprint density at radius 2 is 2.05 bits per heavy atom. The van der Waals surface area contributed by atoms with Crippen LogP contribution in [0.1, 0.15) is 24.2 Å². The molecule has 0 saturated carbocycles. The lowest BCUT2D eigenvalue weighted by atomic mass is 10.0. The molecule has 4 heteroatoms. The molecule has 1 amide bonds. The van der Waals surface area contributed by atoms with Crippen LogP contribution in [0.4, 0.5) is 5.69 Å². The van der Waals surface area contributed by atoms with Gasteiger partial charge in [-0.3, -0.25) is 9.78 Å². The molecule has 1 aromatic carbocycles. The third kappa shape index (κ3) is 2.08. The van der Waals surface area contributed by atoms with E-state index in [1.165, 1.54) is 0 Å². The van der Waals surface area contributed by atoms with E-state index in [4.69, 9.17) is 0 Å². The number of aliphatic hydroxyl groups excluding tert-OH is 1. The Labute approximate surface area is 117 Å². The van der Waals surface area contributed by atoms with Crippen molar-refractivity contribution in [2.24, 2.45) is 0 Å². The second-order valence-corrected chi connectivity index (χ2v) is 5.16. The van der Waals surface area contributed by atoms with Gasteiger partial charge in [0, 0.05) is 30.7 Å². The van der Waals surface area contributed by atoms with Gasteiger partial charge in [0.2, 0.25) is 5.91 Å². The average Bonchev–Trinajstić information content (AvgIpc) is 2.74. The molecule has 2 aromatic rings. The molecule has 0 saturated heterocycles. The maximum Gasteiger partial charge on any atom is 0.231 e. The predicted octanol–water partition coefficient (Wildman–Crippen LogP) is 2.32. The van der Waals surface area contributed by atoms with Gasteiger partial charge in [0.15, 0.2) is 0 Å². The van der Waals surface area contributed by atoms with Gasteiger partial charge in [-0.1, -0.05) is 6.07 Å². The van der Waals surface area contributed by atoms with E-state index in [9.17, 15) is 9.90 Å². The number of fused-ring (bicyclic) bond motifs is 1. The van der Waals surface area contributed by atoms with E-state index in [0.717, 1.165) is 27.9 Å². The van der Waals surface area contributed by atoms with Crippen molar-refractivity contribution in [3.05, 3.63) is 47.8 Å². The van der Waals surface area contributed by atoms with Crippen LogP contribution < -0.4 is 4.90 Å². The standard InChI is InChI=1S/C16H16N2O2/c1-10(19)13-6-14(9-17-8-13)11-3-4-15-12(5-11)7-16(20)18(15)2/h3-6,8-10,19H,7H2,1-2H3. The van der Waals surface area contributed by atoms with Crippen LogP contribution in [0, 0.1) is 0 Å². The number of rotatable bonds is 2. The van der Waals surface area contributed by atoms with Crippen LogP contribution >= 0.6 is 0 Å². The number of benzene rings is 1. The fourth-order valence-electron chi connectivity index (χ4n) is 2.49. The minimum absolute atomic E-state index is 0.119. The van der Waals surface area contributed by atoms with Crippen LogP contribution in [0.25, 0.3) is 11.1 Å². The first-order valence-electron chi connectivity index (χ1n) is 6.59. The van der Waals surface area contributed by atoms with Gasteiger partial charge < -0.3 is 10.0 Å². The Morgan fingerprint density at radius 1 is 1.25 bits per heavy atom. The lowest BCUT2D eigenvalue weighted by Gasteiger charge is -2.11. The van der Waals surface area contributed by atoms with E-state index < -0.39 is 6.10 Å². The highest BCUT2D eigenvalue weighted by Gasteiger charge is 2.24. The third-order valence-electron chi connectivity index (χ3n) is 3.73. The molecular weight excluding hydrogens is 252 g/mol. The molecular formula is C16H16N2O2. The number of hydrogen-bond acceptors (Lipinski definition) is 3. The highest BCUT2D eigenvalue weighted by molar-refractivity contribution is 6.01. The lowest BCUT2D eigenvalue weighted by Crippen LogP contribution is -2.20. The number of aliphatic hydroxyl groups is 1. The molecule has 1 atom stereocenters. The highest BCUT2D eigenvalue weighted by atomic mass is 16.3. The number of aromatic nitrogens is 1. The molecule has 1 N–H and O–H groups in total. The van der Waals surface area contributed by atoms with Crippen molar-refractivity contribution < 1.29 is 9.90 Å². The van der Waals surface area contributed by atoms with Gasteiger partial charge in [-0.15, -0.1) is 0 Å². The van der Waals surface area contributed by atoms with E-state index in [1.54, 1.807) is 31.3 Å². The predicted molar refractivity (Wildman–Crippen MR) is 77.4 cm³/mol. The fraction of sp³-hybridized carbons (Fsp3) is 0.250. The van der Waals surface area contributed by atoms with E-state index in [0.29, 0.717) is 6.42 Å². The molecule has 0 radical (unpaired) electrons. The maximum atomic E-state index is 11.7. The second-order valence-electron chi connectivity index (χ2n) is 5.16. The van der Waals surface area contributed by atoms with E-state index in [-0.39, 0.29) is 5.91 Å². The number of anilines is 1. The minimum atomic E-state index is -0.537. The molecule has 1 aliphatic heterocycles. The van der Waals surface area contributed by atoms with Crippen LogP contribution in [0.3, 0.4) is 0 Å². The number of pyridine rings is 1. The van der Waals surface area contributed by atoms with Gasteiger partial charge in [-0.05, 0) is 41.8 Å². The first-order chi connectivity index (χ1) is 9.56. The van der Waals surface area contributed by atoms with E-state index in [2.05, 4.69) is 4.98 Å². The van der Waals surface area contributed by atoms with Crippen molar-refractivity contribution in [1.82, 2.24) is 4.98 Å². The quantitative estimate of drug-likeness (QED) is 0.909. The van der Waals surface area contributed by atoms with E-state index in [1.807, 2.05) is 24.3 Å². The number of nitrogens with zero attached hydrogens (tertiary/aromatic N) is 2. The van der Waals surface area contributed by atoms with Crippen molar-refractivity contribution >= 4 is 11.6 Å². The zero-order valence-corrected chi connectivity index (χ0v) is 11.5. The SMILES string of the molecule is CC(O)c1cncc(-c2ccc3c(c2)CC(=O)N3C)c1. The van der Waals surface area contributed by atoms with Crippen molar-refractivity contribution in [3.63, 3.8) is 0 Å².